The Balaban J connectivity index is 2.14. The Labute approximate surface area is 137 Å². The smallest absolute Gasteiger partial charge is 0.406 e. The lowest BCUT2D eigenvalue weighted by atomic mass is 10.1. The van der Waals surface area contributed by atoms with Crippen LogP contribution >= 0.6 is 0 Å². The lowest BCUT2D eigenvalue weighted by Gasteiger charge is -2.19. The number of halogens is 3. The van der Waals surface area contributed by atoms with Crippen molar-refractivity contribution in [3.05, 3.63) is 47.5 Å². The topological polar surface area (TPSA) is 47.4 Å². The number of hydrogen-bond acceptors (Lipinski definition) is 3. The molecule has 0 aliphatic rings. The van der Waals surface area contributed by atoms with Gasteiger partial charge in [-0.05, 0) is 24.6 Å². The van der Waals surface area contributed by atoms with Gasteiger partial charge in [-0.3, -0.25) is 4.79 Å². The van der Waals surface area contributed by atoms with Gasteiger partial charge in [-0.15, -0.1) is 0 Å². The maximum absolute atomic E-state index is 12.5. The van der Waals surface area contributed by atoms with Gasteiger partial charge in [0, 0.05) is 25.0 Å². The molecular weight excluding hydrogens is 323 g/mol. The summed E-state index contributed by atoms with van der Waals surface area (Å²) in [6, 6.07) is 5.01. The fourth-order valence-corrected chi connectivity index (χ4v) is 2.29. The van der Waals surface area contributed by atoms with Gasteiger partial charge >= 0.3 is 6.18 Å². The Morgan fingerprint density at radius 3 is 2.71 bits per heavy atom. The highest BCUT2D eigenvalue weighted by atomic mass is 19.4. The second-order valence-corrected chi connectivity index (χ2v) is 5.43. The molecule has 0 fully saturated rings. The van der Waals surface area contributed by atoms with Crippen molar-refractivity contribution in [2.24, 2.45) is 0 Å². The second kappa shape index (κ2) is 6.94. The van der Waals surface area contributed by atoms with Gasteiger partial charge in [0.25, 0.3) is 5.91 Å². The van der Waals surface area contributed by atoms with E-state index in [0.29, 0.717) is 11.3 Å². The van der Waals surface area contributed by atoms with Crippen LogP contribution in [0.1, 0.15) is 21.7 Å². The predicted octanol–water partition coefficient (Wildman–Crippen LogP) is 3.03. The lowest BCUT2D eigenvalue weighted by molar-refractivity contribution is -0.141. The van der Waals surface area contributed by atoms with Crippen LogP contribution in [0.2, 0.25) is 0 Å². The van der Waals surface area contributed by atoms with Crippen LogP contribution in [-0.2, 0) is 13.1 Å². The molecule has 1 heterocycles. The van der Waals surface area contributed by atoms with E-state index in [-0.39, 0.29) is 18.3 Å². The van der Waals surface area contributed by atoms with Gasteiger partial charge in [0.15, 0.2) is 0 Å². The van der Waals surface area contributed by atoms with Crippen molar-refractivity contribution >= 4 is 5.91 Å². The number of alkyl halides is 3. The van der Waals surface area contributed by atoms with E-state index >= 15 is 0 Å². The summed E-state index contributed by atoms with van der Waals surface area (Å²) in [5.74, 6) is 0.421. The van der Waals surface area contributed by atoms with E-state index in [0.717, 1.165) is 10.1 Å². The molecule has 5 nitrogen and oxygen atoms in total. The molecule has 24 heavy (non-hydrogen) atoms. The van der Waals surface area contributed by atoms with Gasteiger partial charge in [0.1, 0.15) is 18.1 Å². The van der Waals surface area contributed by atoms with Crippen molar-refractivity contribution in [1.29, 1.82) is 0 Å². The number of ether oxygens (including phenoxy) is 1. The van der Waals surface area contributed by atoms with Gasteiger partial charge < -0.3 is 14.2 Å². The van der Waals surface area contributed by atoms with Crippen LogP contribution in [0.15, 0.2) is 30.6 Å². The zero-order valence-corrected chi connectivity index (χ0v) is 13.6. The van der Waals surface area contributed by atoms with Gasteiger partial charge in [0.2, 0.25) is 0 Å². The Bertz CT molecular complexity index is 726. The number of rotatable bonds is 5. The van der Waals surface area contributed by atoms with Crippen LogP contribution in [0, 0.1) is 6.92 Å². The first-order chi connectivity index (χ1) is 11.2. The summed E-state index contributed by atoms with van der Waals surface area (Å²) in [4.78, 5) is 17.7. The highest BCUT2D eigenvalue weighted by Crippen LogP contribution is 2.21. The Morgan fingerprint density at radius 2 is 2.08 bits per heavy atom. The number of hydrogen-bond donors (Lipinski definition) is 0. The third kappa shape index (κ3) is 4.27. The molecule has 0 atom stereocenters. The van der Waals surface area contributed by atoms with Crippen LogP contribution in [0.4, 0.5) is 13.2 Å². The summed E-state index contributed by atoms with van der Waals surface area (Å²) >= 11 is 0. The summed E-state index contributed by atoms with van der Waals surface area (Å²) < 4.78 is 43.8. The van der Waals surface area contributed by atoms with Crippen molar-refractivity contribution in [3.8, 4) is 5.75 Å². The third-order valence-electron chi connectivity index (χ3n) is 3.53. The average Bonchev–Trinajstić information content (AvgIpc) is 2.92. The molecule has 0 aliphatic carbocycles. The number of aromatic nitrogens is 2. The van der Waals surface area contributed by atoms with Crippen molar-refractivity contribution in [2.75, 3.05) is 14.2 Å². The van der Waals surface area contributed by atoms with Crippen LogP contribution in [0.5, 0.6) is 5.75 Å². The molecule has 130 valence electrons. The largest absolute Gasteiger partial charge is 0.496 e. The monoisotopic (exact) mass is 341 g/mol. The van der Waals surface area contributed by atoms with Crippen LogP contribution in [-0.4, -0.2) is 40.7 Å². The molecule has 2 rings (SSSR count). The van der Waals surface area contributed by atoms with Crippen LogP contribution in [0.25, 0.3) is 0 Å². The summed E-state index contributed by atoms with van der Waals surface area (Å²) in [6.07, 6.45) is -1.81. The molecule has 8 heteroatoms. The van der Waals surface area contributed by atoms with Crippen LogP contribution < -0.4 is 4.74 Å². The number of imidazole rings is 1. The molecular formula is C16H18F3N3O2. The summed E-state index contributed by atoms with van der Waals surface area (Å²) in [5.41, 5.74) is 1.28. The number of amides is 1. The van der Waals surface area contributed by atoms with Gasteiger partial charge in [-0.1, -0.05) is 6.07 Å². The highest BCUT2D eigenvalue weighted by molar-refractivity contribution is 5.94. The molecule has 0 saturated carbocycles. The number of benzene rings is 1. The van der Waals surface area contributed by atoms with E-state index in [2.05, 4.69) is 4.98 Å². The molecule has 0 radical (unpaired) electrons. The first kappa shape index (κ1) is 17.8. The molecule has 2 aromatic rings. The number of aryl methyl sites for hydroxylation is 1. The number of carbonyl (C=O) groups excluding carboxylic acids is 1. The van der Waals surface area contributed by atoms with Crippen molar-refractivity contribution in [1.82, 2.24) is 14.5 Å². The first-order valence-electron chi connectivity index (χ1n) is 7.18. The predicted molar refractivity (Wildman–Crippen MR) is 81.8 cm³/mol. The molecule has 0 saturated heterocycles. The van der Waals surface area contributed by atoms with Crippen molar-refractivity contribution in [2.45, 2.75) is 26.2 Å². The van der Waals surface area contributed by atoms with Crippen molar-refractivity contribution < 1.29 is 22.7 Å². The van der Waals surface area contributed by atoms with E-state index in [4.69, 9.17) is 4.74 Å². The minimum absolute atomic E-state index is 0.0297. The molecule has 0 N–H and O–H groups in total. The molecule has 0 bridgehead atoms. The lowest BCUT2D eigenvalue weighted by Crippen LogP contribution is -2.29. The van der Waals surface area contributed by atoms with Gasteiger partial charge in [-0.25, -0.2) is 4.98 Å². The van der Waals surface area contributed by atoms with E-state index < -0.39 is 12.7 Å². The van der Waals surface area contributed by atoms with E-state index in [9.17, 15) is 18.0 Å². The minimum atomic E-state index is -4.34. The molecule has 0 aliphatic heterocycles. The van der Waals surface area contributed by atoms with Gasteiger partial charge in [-0.2, -0.15) is 13.2 Å². The summed E-state index contributed by atoms with van der Waals surface area (Å²) in [6.45, 7) is 0.686. The Morgan fingerprint density at radius 1 is 1.38 bits per heavy atom. The number of nitrogens with zero attached hydrogens (tertiary/aromatic N) is 3. The standard InChI is InChI=1S/C16H18F3N3O2/c1-11-4-5-12(8-13(11)24-3)15(23)21(2)9-14-20-6-7-22(14)10-16(17,18)19/h4-8H,9-10H2,1-3H3. The molecule has 1 aromatic heterocycles. The van der Waals surface area contributed by atoms with E-state index in [1.54, 1.807) is 18.2 Å². The molecule has 0 unspecified atom stereocenters. The second-order valence-electron chi connectivity index (χ2n) is 5.43. The molecule has 1 amide bonds. The molecule has 0 spiro atoms. The van der Waals surface area contributed by atoms with Gasteiger partial charge in [0.05, 0.1) is 13.7 Å². The quantitative estimate of drug-likeness (QED) is 0.840. The maximum Gasteiger partial charge on any atom is 0.406 e. The Kier molecular flexibility index (Phi) is 5.16. The maximum atomic E-state index is 12.5. The Hall–Kier alpha value is -2.51. The first-order valence-corrected chi connectivity index (χ1v) is 7.18. The zero-order valence-electron chi connectivity index (χ0n) is 13.6. The molecule has 1 aromatic carbocycles. The third-order valence-corrected chi connectivity index (χ3v) is 3.53. The SMILES string of the molecule is COc1cc(C(=O)N(C)Cc2nccn2CC(F)(F)F)ccc1C. The fraction of sp³-hybridized carbons (Fsp3) is 0.375. The normalized spacial score (nSPS) is 11.4. The number of carbonyl (C=O) groups is 1. The average molecular weight is 341 g/mol. The summed E-state index contributed by atoms with van der Waals surface area (Å²) in [5, 5.41) is 0. The van der Waals surface area contributed by atoms with E-state index in [1.807, 2.05) is 6.92 Å². The fourth-order valence-electron chi connectivity index (χ4n) is 2.29. The highest BCUT2D eigenvalue weighted by Gasteiger charge is 2.29. The van der Waals surface area contributed by atoms with Crippen LogP contribution in [0.3, 0.4) is 0 Å². The number of methoxy groups -OCH3 is 1. The zero-order chi connectivity index (χ0) is 17.9. The van der Waals surface area contributed by atoms with Crippen molar-refractivity contribution in [3.63, 3.8) is 0 Å². The summed E-state index contributed by atoms with van der Waals surface area (Å²) in [7, 11) is 3.02. The van der Waals surface area contributed by atoms with E-state index in [1.165, 1.54) is 31.5 Å². The minimum Gasteiger partial charge on any atom is -0.496 e.